The number of hydrogen-bond donors (Lipinski definition) is 2. The SMILES string of the molecule is CN(CCC(N)=O)C[C@@]1(O)CCCN(Cc2cccc(F)c2F)C1=O. The number of nitrogens with zero attached hydrogens (tertiary/aromatic N) is 2. The van der Waals surface area contributed by atoms with Gasteiger partial charge in [-0.05, 0) is 26.0 Å². The van der Waals surface area contributed by atoms with Crippen LogP contribution in [0.5, 0.6) is 0 Å². The molecule has 1 heterocycles. The van der Waals surface area contributed by atoms with E-state index in [1.165, 1.54) is 17.0 Å². The molecule has 3 N–H and O–H groups in total. The van der Waals surface area contributed by atoms with Crippen molar-refractivity contribution >= 4 is 11.8 Å². The molecular formula is C17H23F2N3O3. The minimum atomic E-state index is -1.62. The third kappa shape index (κ3) is 4.73. The molecule has 0 saturated carbocycles. The predicted molar refractivity (Wildman–Crippen MR) is 87.3 cm³/mol. The quantitative estimate of drug-likeness (QED) is 0.751. The van der Waals surface area contributed by atoms with Crippen LogP contribution in [-0.4, -0.2) is 59.0 Å². The van der Waals surface area contributed by atoms with Gasteiger partial charge in [0, 0.05) is 38.2 Å². The normalized spacial score (nSPS) is 21.0. The fourth-order valence-corrected chi connectivity index (χ4v) is 3.07. The summed E-state index contributed by atoms with van der Waals surface area (Å²) in [5, 5.41) is 10.7. The topological polar surface area (TPSA) is 86.9 Å². The number of likely N-dealkylation sites (tertiary alicyclic amines) is 1. The van der Waals surface area contributed by atoms with Gasteiger partial charge >= 0.3 is 0 Å². The lowest BCUT2D eigenvalue weighted by atomic mass is 9.90. The Morgan fingerprint density at radius 1 is 1.44 bits per heavy atom. The Bertz CT molecular complexity index is 656. The van der Waals surface area contributed by atoms with Gasteiger partial charge in [0.15, 0.2) is 17.2 Å². The highest BCUT2D eigenvalue weighted by atomic mass is 19.2. The summed E-state index contributed by atoms with van der Waals surface area (Å²) in [5.41, 5.74) is 3.55. The molecule has 1 aromatic carbocycles. The fourth-order valence-electron chi connectivity index (χ4n) is 3.07. The Balaban J connectivity index is 2.06. The average Bonchev–Trinajstić information content (AvgIpc) is 2.54. The molecule has 0 aliphatic carbocycles. The number of likely N-dealkylation sites (N-methyl/N-ethyl adjacent to an activating group) is 1. The lowest BCUT2D eigenvalue weighted by Crippen LogP contribution is -2.58. The Hall–Kier alpha value is -2.06. The Labute approximate surface area is 145 Å². The van der Waals surface area contributed by atoms with Crippen molar-refractivity contribution in [2.24, 2.45) is 5.73 Å². The van der Waals surface area contributed by atoms with Gasteiger partial charge in [0.25, 0.3) is 5.91 Å². The maximum absolute atomic E-state index is 13.8. The summed E-state index contributed by atoms with van der Waals surface area (Å²) in [5.74, 6) is -2.93. The average molecular weight is 355 g/mol. The van der Waals surface area contributed by atoms with Gasteiger partial charge in [-0.1, -0.05) is 12.1 Å². The minimum absolute atomic E-state index is 0.0429. The highest BCUT2D eigenvalue weighted by molar-refractivity contribution is 5.86. The molecule has 0 aromatic heterocycles. The van der Waals surface area contributed by atoms with E-state index in [0.29, 0.717) is 19.5 Å². The number of aliphatic hydroxyl groups is 1. The molecule has 8 heteroatoms. The molecule has 2 rings (SSSR count). The van der Waals surface area contributed by atoms with Crippen molar-refractivity contribution < 1.29 is 23.5 Å². The predicted octanol–water partition coefficient (Wildman–Crippen LogP) is 0.625. The van der Waals surface area contributed by atoms with Gasteiger partial charge in [0.1, 0.15) is 0 Å². The van der Waals surface area contributed by atoms with Crippen molar-refractivity contribution in [2.45, 2.75) is 31.4 Å². The summed E-state index contributed by atoms with van der Waals surface area (Å²) in [6.45, 7) is 0.628. The Morgan fingerprint density at radius 2 is 2.16 bits per heavy atom. The number of carbonyl (C=O) groups excluding carboxylic acids is 2. The summed E-state index contributed by atoms with van der Waals surface area (Å²) < 4.78 is 27.2. The van der Waals surface area contributed by atoms with Crippen molar-refractivity contribution in [3.63, 3.8) is 0 Å². The van der Waals surface area contributed by atoms with Crippen molar-refractivity contribution in [3.05, 3.63) is 35.4 Å². The molecule has 0 radical (unpaired) electrons. The van der Waals surface area contributed by atoms with Gasteiger partial charge in [0.05, 0.1) is 0 Å². The van der Waals surface area contributed by atoms with Crippen molar-refractivity contribution in [1.82, 2.24) is 9.80 Å². The summed E-state index contributed by atoms with van der Waals surface area (Å²) in [7, 11) is 1.68. The number of benzene rings is 1. The second-order valence-electron chi connectivity index (χ2n) is 6.53. The third-order valence-corrected chi connectivity index (χ3v) is 4.37. The van der Waals surface area contributed by atoms with Gasteiger partial charge in [0.2, 0.25) is 5.91 Å². The number of carbonyl (C=O) groups is 2. The first-order chi connectivity index (χ1) is 11.7. The van der Waals surface area contributed by atoms with Crippen molar-refractivity contribution in [2.75, 3.05) is 26.7 Å². The van der Waals surface area contributed by atoms with Gasteiger partial charge in [-0.3, -0.25) is 9.59 Å². The van der Waals surface area contributed by atoms with Crippen molar-refractivity contribution in [1.29, 1.82) is 0 Å². The van der Waals surface area contributed by atoms with E-state index in [2.05, 4.69) is 0 Å². The van der Waals surface area contributed by atoms with Crippen LogP contribution in [0.4, 0.5) is 8.78 Å². The number of hydrogen-bond acceptors (Lipinski definition) is 4. The van der Waals surface area contributed by atoms with Gasteiger partial charge in [-0.25, -0.2) is 8.78 Å². The highest BCUT2D eigenvalue weighted by Crippen LogP contribution is 2.26. The number of halogens is 2. The highest BCUT2D eigenvalue weighted by Gasteiger charge is 2.43. The van der Waals surface area contributed by atoms with Crippen LogP contribution >= 0.6 is 0 Å². The van der Waals surface area contributed by atoms with E-state index >= 15 is 0 Å². The van der Waals surface area contributed by atoms with Gasteiger partial charge in [-0.2, -0.15) is 0 Å². The van der Waals surface area contributed by atoms with E-state index in [9.17, 15) is 23.5 Å². The summed E-state index contributed by atoms with van der Waals surface area (Å²) >= 11 is 0. The first-order valence-corrected chi connectivity index (χ1v) is 8.14. The molecule has 1 aliphatic heterocycles. The second-order valence-corrected chi connectivity index (χ2v) is 6.53. The molecule has 0 spiro atoms. The van der Waals surface area contributed by atoms with Crippen molar-refractivity contribution in [3.8, 4) is 0 Å². The summed E-state index contributed by atoms with van der Waals surface area (Å²) in [6, 6.07) is 3.81. The third-order valence-electron chi connectivity index (χ3n) is 4.37. The molecule has 1 aromatic rings. The van der Waals surface area contributed by atoms with E-state index in [4.69, 9.17) is 5.73 Å². The largest absolute Gasteiger partial charge is 0.379 e. The summed E-state index contributed by atoms with van der Waals surface area (Å²) in [6.07, 6.45) is 0.941. The molecule has 25 heavy (non-hydrogen) atoms. The first kappa shape index (κ1) is 19.3. The molecule has 0 unspecified atom stereocenters. The number of piperidine rings is 1. The van der Waals surface area contributed by atoms with Crippen LogP contribution in [0.2, 0.25) is 0 Å². The zero-order valence-electron chi connectivity index (χ0n) is 14.2. The standard InChI is InChI=1S/C17H23F2N3O3/c1-21(9-6-14(20)23)11-17(25)7-3-8-22(16(17)24)10-12-4-2-5-13(18)15(12)19/h2,4-5,25H,3,6-11H2,1H3,(H2,20,23)/t17-/m0/s1. The van der Waals surface area contributed by atoms with Crippen LogP contribution in [0.3, 0.4) is 0 Å². The van der Waals surface area contributed by atoms with Crippen LogP contribution in [0.25, 0.3) is 0 Å². The zero-order valence-corrected chi connectivity index (χ0v) is 14.2. The molecule has 2 amide bonds. The van der Waals surface area contributed by atoms with Crippen LogP contribution < -0.4 is 5.73 Å². The molecule has 1 saturated heterocycles. The molecular weight excluding hydrogens is 332 g/mol. The molecule has 0 bridgehead atoms. The maximum atomic E-state index is 13.8. The first-order valence-electron chi connectivity index (χ1n) is 8.14. The zero-order chi connectivity index (χ0) is 18.6. The number of primary amides is 1. The number of rotatable bonds is 7. The van der Waals surface area contributed by atoms with Crippen LogP contribution in [0, 0.1) is 11.6 Å². The molecule has 1 aliphatic rings. The summed E-state index contributed by atoms with van der Waals surface area (Å²) in [4.78, 5) is 26.5. The second kappa shape index (κ2) is 7.88. The maximum Gasteiger partial charge on any atom is 0.256 e. The monoisotopic (exact) mass is 355 g/mol. The molecule has 1 fully saturated rings. The van der Waals surface area contributed by atoms with Gasteiger partial charge in [-0.15, -0.1) is 0 Å². The Morgan fingerprint density at radius 3 is 2.84 bits per heavy atom. The molecule has 6 nitrogen and oxygen atoms in total. The smallest absolute Gasteiger partial charge is 0.256 e. The van der Waals surface area contributed by atoms with E-state index in [1.807, 2.05) is 0 Å². The lowest BCUT2D eigenvalue weighted by molar-refractivity contribution is -0.159. The molecule has 138 valence electrons. The van der Waals surface area contributed by atoms with Crippen LogP contribution in [0.15, 0.2) is 18.2 Å². The van der Waals surface area contributed by atoms with Crippen LogP contribution in [-0.2, 0) is 16.1 Å². The molecule has 1 atom stereocenters. The lowest BCUT2D eigenvalue weighted by Gasteiger charge is -2.40. The van der Waals surface area contributed by atoms with E-state index in [-0.39, 0.29) is 31.5 Å². The number of amides is 2. The van der Waals surface area contributed by atoms with Gasteiger partial charge < -0.3 is 20.6 Å². The Kier molecular flexibility index (Phi) is 6.07. The van der Waals surface area contributed by atoms with E-state index in [0.717, 1.165) is 6.07 Å². The van der Waals surface area contributed by atoms with E-state index in [1.54, 1.807) is 11.9 Å². The minimum Gasteiger partial charge on any atom is -0.379 e. The van der Waals surface area contributed by atoms with Crippen LogP contribution in [0.1, 0.15) is 24.8 Å². The van der Waals surface area contributed by atoms with E-state index < -0.39 is 29.0 Å². The number of nitrogens with two attached hydrogens (primary N) is 1. The fraction of sp³-hybridized carbons (Fsp3) is 0.529.